The second-order valence-corrected chi connectivity index (χ2v) is 7.11. The number of rotatable bonds is 4. The van der Waals surface area contributed by atoms with E-state index in [1.807, 2.05) is 30.7 Å². The summed E-state index contributed by atoms with van der Waals surface area (Å²) in [6.07, 6.45) is 6.95. The highest BCUT2D eigenvalue weighted by Crippen LogP contribution is 2.35. The Hall–Kier alpha value is -1.97. The van der Waals surface area contributed by atoms with Crippen LogP contribution >= 0.6 is 24.0 Å². The largest absolute Gasteiger partial charge is 0.454 e. The van der Waals surface area contributed by atoms with Crippen molar-refractivity contribution in [3.8, 4) is 11.5 Å². The molecule has 152 valence electrons. The molecule has 1 saturated heterocycles. The summed E-state index contributed by atoms with van der Waals surface area (Å²) in [5, 5.41) is 3.45. The fourth-order valence-electron chi connectivity index (χ4n) is 3.80. The topological polar surface area (TPSA) is 63.9 Å². The Bertz CT molecular complexity index is 796. The van der Waals surface area contributed by atoms with Crippen LogP contribution < -0.4 is 14.8 Å². The van der Waals surface area contributed by atoms with Crippen LogP contribution in [0, 0.1) is 5.92 Å². The molecule has 1 aromatic heterocycles. The van der Waals surface area contributed by atoms with E-state index < -0.39 is 0 Å². The number of ether oxygens (including phenoxy) is 2. The third kappa shape index (κ3) is 4.37. The van der Waals surface area contributed by atoms with Crippen molar-refractivity contribution in [2.24, 2.45) is 10.9 Å². The molecule has 2 aliphatic rings. The van der Waals surface area contributed by atoms with E-state index in [4.69, 9.17) is 14.5 Å². The van der Waals surface area contributed by atoms with Gasteiger partial charge in [-0.05, 0) is 25.3 Å². The number of hydrogen-bond acceptors (Lipinski definition) is 4. The van der Waals surface area contributed by atoms with Gasteiger partial charge >= 0.3 is 0 Å². The molecular weight excluding hydrogens is 469 g/mol. The zero-order chi connectivity index (χ0) is 18.6. The SMILES string of the molecule is CCNC(=NCc1cccc2c1OCO2)N1CCC(C)C(n2ccnc2)C1.I. The van der Waals surface area contributed by atoms with E-state index >= 15 is 0 Å². The molecule has 3 heterocycles. The summed E-state index contributed by atoms with van der Waals surface area (Å²) < 4.78 is 13.3. The predicted molar refractivity (Wildman–Crippen MR) is 119 cm³/mol. The van der Waals surface area contributed by atoms with Gasteiger partial charge in [-0.15, -0.1) is 24.0 Å². The van der Waals surface area contributed by atoms with E-state index in [2.05, 4.69) is 39.8 Å². The number of fused-ring (bicyclic) bond motifs is 1. The highest BCUT2D eigenvalue weighted by atomic mass is 127. The van der Waals surface area contributed by atoms with Crippen molar-refractivity contribution in [1.29, 1.82) is 0 Å². The number of halogens is 1. The number of hydrogen-bond donors (Lipinski definition) is 1. The summed E-state index contributed by atoms with van der Waals surface area (Å²) >= 11 is 0. The van der Waals surface area contributed by atoms with Gasteiger partial charge in [0.25, 0.3) is 0 Å². The zero-order valence-electron chi connectivity index (χ0n) is 16.4. The van der Waals surface area contributed by atoms with E-state index in [0.717, 1.165) is 49.1 Å². The van der Waals surface area contributed by atoms with Gasteiger partial charge in [-0.1, -0.05) is 19.1 Å². The lowest BCUT2D eigenvalue weighted by Gasteiger charge is -2.39. The summed E-state index contributed by atoms with van der Waals surface area (Å²) in [5.74, 6) is 3.19. The van der Waals surface area contributed by atoms with Gasteiger partial charge in [-0.25, -0.2) is 9.98 Å². The molecule has 8 heteroatoms. The number of nitrogens with zero attached hydrogens (tertiary/aromatic N) is 4. The molecule has 1 aromatic carbocycles. The van der Waals surface area contributed by atoms with Gasteiger partial charge in [0, 0.05) is 37.6 Å². The standard InChI is InChI=1S/C20H27N5O2.HI/c1-3-22-20(23-11-16-5-4-6-18-19(16)27-14-26-18)24-9-7-15(2)17(12-24)25-10-8-21-13-25;/h4-6,8,10,13,15,17H,3,7,9,11-12,14H2,1-2H3,(H,22,23);1H. The van der Waals surface area contributed by atoms with Crippen molar-refractivity contribution in [3.05, 3.63) is 42.5 Å². The smallest absolute Gasteiger partial charge is 0.231 e. The third-order valence-corrected chi connectivity index (χ3v) is 5.34. The van der Waals surface area contributed by atoms with Crippen LogP contribution in [0.4, 0.5) is 0 Å². The number of piperidine rings is 1. The number of para-hydroxylation sites is 1. The highest BCUT2D eigenvalue weighted by Gasteiger charge is 2.29. The molecule has 0 saturated carbocycles. The molecule has 2 atom stereocenters. The molecule has 7 nitrogen and oxygen atoms in total. The van der Waals surface area contributed by atoms with Crippen LogP contribution in [0.25, 0.3) is 0 Å². The molecule has 2 unspecified atom stereocenters. The number of imidazole rings is 1. The van der Waals surface area contributed by atoms with Crippen LogP contribution in [0.1, 0.15) is 31.9 Å². The summed E-state index contributed by atoms with van der Waals surface area (Å²) in [5.41, 5.74) is 1.05. The Labute approximate surface area is 183 Å². The predicted octanol–water partition coefficient (Wildman–Crippen LogP) is 3.28. The maximum Gasteiger partial charge on any atom is 0.231 e. The molecule has 2 aromatic rings. The van der Waals surface area contributed by atoms with Crippen LogP contribution in [-0.2, 0) is 6.54 Å². The normalized spacial score (nSPS) is 21.4. The molecule has 0 radical (unpaired) electrons. The number of aromatic nitrogens is 2. The fraction of sp³-hybridized carbons (Fsp3) is 0.500. The minimum absolute atomic E-state index is 0. The monoisotopic (exact) mass is 497 g/mol. The fourth-order valence-corrected chi connectivity index (χ4v) is 3.80. The molecule has 0 spiro atoms. The minimum atomic E-state index is 0. The van der Waals surface area contributed by atoms with Crippen LogP contribution in [-0.4, -0.2) is 46.8 Å². The molecular formula is C20H28IN5O2. The van der Waals surface area contributed by atoms with Crippen molar-refractivity contribution >= 4 is 29.9 Å². The molecule has 1 fully saturated rings. The first-order valence-corrected chi connectivity index (χ1v) is 9.64. The Morgan fingerprint density at radius 3 is 3.04 bits per heavy atom. The molecule has 28 heavy (non-hydrogen) atoms. The van der Waals surface area contributed by atoms with E-state index in [1.165, 1.54) is 0 Å². The minimum Gasteiger partial charge on any atom is -0.454 e. The van der Waals surface area contributed by atoms with E-state index in [1.54, 1.807) is 0 Å². The Morgan fingerprint density at radius 1 is 1.36 bits per heavy atom. The van der Waals surface area contributed by atoms with Crippen LogP contribution in [0.2, 0.25) is 0 Å². The first-order chi connectivity index (χ1) is 13.3. The van der Waals surface area contributed by atoms with Crippen molar-refractivity contribution in [2.75, 3.05) is 26.4 Å². The number of guanidine groups is 1. The van der Waals surface area contributed by atoms with E-state index in [0.29, 0.717) is 18.5 Å². The molecule has 0 bridgehead atoms. The molecule has 2 aliphatic heterocycles. The lowest BCUT2D eigenvalue weighted by molar-refractivity contribution is 0.173. The zero-order valence-corrected chi connectivity index (χ0v) is 18.7. The van der Waals surface area contributed by atoms with Crippen molar-refractivity contribution in [1.82, 2.24) is 19.8 Å². The summed E-state index contributed by atoms with van der Waals surface area (Å²) in [6, 6.07) is 6.38. The Balaban J connectivity index is 0.00000225. The number of nitrogens with one attached hydrogen (secondary N) is 1. The molecule has 0 aliphatic carbocycles. The summed E-state index contributed by atoms with van der Waals surface area (Å²) in [7, 11) is 0. The molecule has 0 amide bonds. The number of benzene rings is 1. The van der Waals surface area contributed by atoms with E-state index in [9.17, 15) is 0 Å². The van der Waals surface area contributed by atoms with Crippen molar-refractivity contribution in [2.45, 2.75) is 32.9 Å². The first-order valence-electron chi connectivity index (χ1n) is 9.64. The average molecular weight is 497 g/mol. The second kappa shape index (κ2) is 9.49. The maximum atomic E-state index is 5.61. The van der Waals surface area contributed by atoms with Gasteiger partial charge in [-0.3, -0.25) is 0 Å². The maximum absolute atomic E-state index is 5.61. The van der Waals surface area contributed by atoms with Crippen LogP contribution in [0.5, 0.6) is 11.5 Å². The average Bonchev–Trinajstić information content (AvgIpc) is 3.37. The van der Waals surface area contributed by atoms with Gasteiger partial charge in [0.1, 0.15) is 0 Å². The van der Waals surface area contributed by atoms with Gasteiger partial charge in [0.15, 0.2) is 17.5 Å². The van der Waals surface area contributed by atoms with Crippen molar-refractivity contribution < 1.29 is 9.47 Å². The summed E-state index contributed by atoms with van der Waals surface area (Å²) in [4.78, 5) is 11.5. The van der Waals surface area contributed by atoms with Gasteiger partial charge in [0.05, 0.1) is 18.9 Å². The van der Waals surface area contributed by atoms with Gasteiger partial charge < -0.3 is 24.3 Å². The van der Waals surface area contributed by atoms with Gasteiger partial charge in [-0.2, -0.15) is 0 Å². The van der Waals surface area contributed by atoms with Crippen LogP contribution in [0.15, 0.2) is 41.9 Å². The Morgan fingerprint density at radius 2 is 2.25 bits per heavy atom. The quantitative estimate of drug-likeness (QED) is 0.399. The Kier molecular flexibility index (Phi) is 7.03. The molecule has 4 rings (SSSR count). The number of aliphatic imine (C=N–C) groups is 1. The summed E-state index contributed by atoms with van der Waals surface area (Å²) in [6.45, 7) is 8.04. The lowest BCUT2D eigenvalue weighted by Crippen LogP contribution is -2.49. The van der Waals surface area contributed by atoms with Crippen LogP contribution in [0.3, 0.4) is 0 Å². The van der Waals surface area contributed by atoms with E-state index in [-0.39, 0.29) is 30.8 Å². The first kappa shape index (κ1) is 20.8. The van der Waals surface area contributed by atoms with Gasteiger partial charge in [0.2, 0.25) is 6.79 Å². The number of likely N-dealkylation sites (tertiary alicyclic amines) is 1. The third-order valence-electron chi connectivity index (χ3n) is 5.34. The second-order valence-electron chi connectivity index (χ2n) is 7.11. The lowest BCUT2D eigenvalue weighted by atomic mass is 9.93. The molecule has 1 N–H and O–H groups in total. The highest BCUT2D eigenvalue weighted by molar-refractivity contribution is 14.0. The van der Waals surface area contributed by atoms with Crippen molar-refractivity contribution in [3.63, 3.8) is 0 Å².